The number of carbonyl (C=O) groups is 1. The van der Waals surface area contributed by atoms with Gasteiger partial charge in [-0.1, -0.05) is 0 Å². The van der Waals surface area contributed by atoms with Gasteiger partial charge in [-0.25, -0.2) is 4.68 Å². The van der Waals surface area contributed by atoms with Gasteiger partial charge in [0.25, 0.3) is 5.91 Å². The molecule has 0 aliphatic rings. The molecule has 0 aliphatic carbocycles. The predicted octanol–water partition coefficient (Wildman–Crippen LogP) is 2.62. The van der Waals surface area contributed by atoms with E-state index in [0.29, 0.717) is 16.8 Å². The van der Waals surface area contributed by atoms with E-state index in [1.54, 1.807) is 0 Å². The zero-order valence-corrected chi connectivity index (χ0v) is 12.5. The van der Waals surface area contributed by atoms with Crippen molar-refractivity contribution >= 4 is 5.91 Å². The number of nitrogens with zero attached hydrogens (tertiary/aromatic N) is 4. The number of nitrogens with one attached hydrogen (secondary N) is 1. The number of hydrogen-bond donors (Lipinski definition) is 1. The van der Waals surface area contributed by atoms with Crippen LogP contribution in [0.15, 0.2) is 18.3 Å². The van der Waals surface area contributed by atoms with Crippen LogP contribution in [0.3, 0.4) is 0 Å². The number of alkyl halides is 5. The molecular formula is C13H14F5N5O. The third-order valence-electron chi connectivity index (χ3n) is 3.14. The fourth-order valence-corrected chi connectivity index (χ4v) is 1.96. The van der Waals surface area contributed by atoms with Gasteiger partial charge in [-0.2, -0.15) is 32.1 Å². The maximum atomic E-state index is 12.5. The van der Waals surface area contributed by atoms with Crippen molar-refractivity contribution in [1.29, 1.82) is 0 Å². The van der Waals surface area contributed by atoms with E-state index < -0.39 is 24.3 Å². The minimum absolute atomic E-state index is 0.140. The summed E-state index contributed by atoms with van der Waals surface area (Å²) in [4.78, 5) is 11.7. The number of aromatic nitrogens is 4. The van der Waals surface area contributed by atoms with Crippen LogP contribution in [0.5, 0.6) is 0 Å². The summed E-state index contributed by atoms with van der Waals surface area (Å²) in [6.45, 7) is -1.02. The van der Waals surface area contributed by atoms with E-state index >= 15 is 0 Å². The third kappa shape index (κ3) is 4.30. The predicted molar refractivity (Wildman–Crippen MR) is 72.4 cm³/mol. The Kier molecular flexibility index (Phi) is 5.20. The van der Waals surface area contributed by atoms with E-state index in [1.807, 2.05) is 0 Å². The van der Waals surface area contributed by atoms with E-state index in [-0.39, 0.29) is 18.8 Å². The molecule has 0 atom stereocenters. The molecule has 1 amide bonds. The van der Waals surface area contributed by atoms with Crippen molar-refractivity contribution in [2.75, 3.05) is 6.54 Å². The number of halogens is 5. The van der Waals surface area contributed by atoms with Crippen LogP contribution in [0.4, 0.5) is 22.0 Å². The largest absolute Gasteiger partial charge is 0.435 e. The second kappa shape index (κ2) is 6.97. The van der Waals surface area contributed by atoms with E-state index in [1.165, 1.54) is 11.6 Å². The van der Waals surface area contributed by atoms with E-state index in [0.717, 1.165) is 18.3 Å². The molecule has 0 saturated carbocycles. The maximum Gasteiger partial charge on any atom is 0.435 e. The van der Waals surface area contributed by atoms with Crippen molar-refractivity contribution in [1.82, 2.24) is 24.9 Å². The third-order valence-corrected chi connectivity index (χ3v) is 3.14. The number of aryl methyl sites for hydroxylation is 2. The molecule has 2 heterocycles. The summed E-state index contributed by atoms with van der Waals surface area (Å²) in [6.07, 6.45) is -3.21. The highest BCUT2D eigenvalue weighted by molar-refractivity contribution is 5.92. The van der Waals surface area contributed by atoms with Gasteiger partial charge in [0.15, 0.2) is 5.69 Å². The molecule has 0 aromatic carbocycles. The highest BCUT2D eigenvalue weighted by Crippen LogP contribution is 2.28. The molecule has 132 valence electrons. The van der Waals surface area contributed by atoms with Crippen molar-refractivity contribution in [2.24, 2.45) is 0 Å². The lowest BCUT2D eigenvalue weighted by molar-refractivity contribution is -0.141. The SMILES string of the molecule is Cc1cc(C(F)(F)F)nn1CCCNC(=O)c1ccn(C(F)F)n1. The van der Waals surface area contributed by atoms with Crippen LogP contribution in [-0.2, 0) is 12.7 Å². The van der Waals surface area contributed by atoms with E-state index in [9.17, 15) is 26.7 Å². The van der Waals surface area contributed by atoms with Crippen molar-refractivity contribution in [2.45, 2.75) is 32.6 Å². The van der Waals surface area contributed by atoms with Crippen LogP contribution >= 0.6 is 0 Å². The van der Waals surface area contributed by atoms with Crippen LogP contribution in [0.25, 0.3) is 0 Å². The van der Waals surface area contributed by atoms with Crippen molar-refractivity contribution in [3.05, 3.63) is 35.4 Å². The van der Waals surface area contributed by atoms with Gasteiger partial charge in [0.1, 0.15) is 5.69 Å². The molecule has 0 fully saturated rings. The Bertz CT molecular complexity index is 706. The second-order valence-corrected chi connectivity index (χ2v) is 4.96. The fraction of sp³-hybridized carbons (Fsp3) is 0.462. The molecule has 0 saturated heterocycles. The Morgan fingerprint density at radius 1 is 1.33 bits per heavy atom. The van der Waals surface area contributed by atoms with Gasteiger partial charge in [0.2, 0.25) is 0 Å². The van der Waals surface area contributed by atoms with Crippen LogP contribution in [0.1, 0.15) is 34.8 Å². The molecule has 1 N–H and O–H groups in total. The quantitative estimate of drug-likeness (QED) is 0.643. The summed E-state index contributed by atoms with van der Waals surface area (Å²) in [5.74, 6) is -0.637. The Morgan fingerprint density at radius 3 is 2.58 bits per heavy atom. The fourth-order valence-electron chi connectivity index (χ4n) is 1.96. The molecule has 2 rings (SSSR count). The van der Waals surface area contributed by atoms with Gasteiger partial charge < -0.3 is 5.32 Å². The zero-order valence-electron chi connectivity index (χ0n) is 12.5. The summed E-state index contributed by atoms with van der Waals surface area (Å²) in [5.41, 5.74) is -0.782. The highest BCUT2D eigenvalue weighted by Gasteiger charge is 2.34. The topological polar surface area (TPSA) is 64.7 Å². The highest BCUT2D eigenvalue weighted by atomic mass is 19.4. The summed E-state index contributed by atoms with van der Waals surface area (Å²) in [5, 5.41) is 9.32. The monoisotopic (exact) mass is 351 g/mol. The average molecular weight is 351 g/mol. The van der Waals surface area contributed by atoms with Gasteiger partial charge >= 0.3 is 12.7 Å². The molecule has 0 bridgehead atoms. The first-order valence-electron chi connectivity index (χ1n) is 6.91. The molecule has 0 unspecified atom stereocenters. The van der Waals surface area contributed by atoms with Gasteiger partial charge in [0, 0.05) is 25.0 Å². The Labute approximate surface area is 133 Å². The van der Waals surface area contributed by atoms with Crippen molar-refractivity contribution in [3.8, 4) is 0 Å². The smallest absolute Gasteiger partial charge is 0.351 e. The first-order chi connectivity index (χ1) is 11.2. The maximum absolute atomic E-state index is 12.5. The summed E-state index contributed by atoms with van der Waals surface area (Å²) < 4.78 is 63.8. The van der Waals surface area contributed by atoms with Gasteiger partial charge in [-0.15, -0.1) is 0 Å². The first kappa shape index (κ1) is 17.9. The zero-order chi connectivity index (χ0) is 17.9. The van der Waals surface area contributed by atoms with Gasteiger partial charge in [-0.05, 0) is 25.5 Å². The second-order valence-electron chi connectivity index (χ2n) is 4.96. The summed E-state index contributed by atoms with van der Waals surface area (Å²) >= 11 is 0. The minimum atomic E-state index is -4.51. The molecule has 6 nitrogen and oxygen atoms in total. The molecule has 11 heteroatoms. The van der Waals surface area contributed by atoms with Crippen molar-refractivity contribution < 1.29 is 26.7 Å². The molecule has 0 radical (unpaired) electrons. The van der Waals surface area contributed by atoms with Gasteiger partial charge in [-0.3, -0.25) is 9.48 Å². The molecular weight excluding hydrogens is 337 g/mol. The number of hydrogen-bond acceptors (Lipinski definition) is 3. The van der Waals surface area contributed by atoms with Crippen LogP contribution in [0.2, 0.25) is 0 Å². The molecule has 0 spiro atoms. The lowest BCUT2D eigenvalue weighted by Crippen LogP contribution is -2.26. The molecule has 2 aromatic rings. The minimum Gasteiger partial charge on any atom is -0.351 e. The number of carbonyl (C=O) groups excluding carboxylic acids is 1. The average Bonchev–Trinajstić information content (AvgIpc) is 3.10. The van der Waals surface area contributed by atoms with E-state index in [4.69, 9.17) is 0 Å². The van der Waals surface area contributed by atoms with E-state index in [2.05, 4.69) is 15.5 Å². The van der Waals surface area contributed by atoms with Gasteiger partial charge in [0.05, 0.1) is 0 Å². The summed E-state index contributed by atoms with van der Waals surface area (Å²) in [7, 11) is 0. The lowest BCUT2D eigenvalue weighted by atomic mass is 10.3. The van der Waals surface area contributed by atoms with Crippen LogP contribution < -0.4 is 5.32 Å². The Balaban J connectivity index is 1.82. The van der Waals surface area contributed by atoms with Crippen molar-refractivity contribution in [3.63, 3.8) is 0 Å². The van der Waals surface area contributed by atoms with Crippen LogP contribution in [-0.4, -0.2) is 32.0 Å². The number of amides is 1. The first-order valence-corrected chi connectivity index (χ1v) is 6.91. The molecule has 0 aliphatic heterocycles. The Hall–Kier alpha value is -2.46. The normalized spacial score (nSPS) is 12.0. The Morgan fingerprint density at radius 2 is 2.04 bits per heavy atom. The summed E-state index contributed by atoms with van der Waals surface area (Å²) in [6, 6.07) is 2.09. The lowest BCUT2D eigenvalue weighted by Gasteiger charge is -2.06. The van der Waals surface area contributed by atoms with Crippen LogP contribution in [0, 0.1) is 6.92 Å². The molecule has 24 heavy (non-hydrogen) atoms. The molecule has 2 aromatic heterocycles. The number of rotatable bonds is 6. The standard InChI is InChI=1S/C13H14F5N5O/c1-8-7-10(13(16,17)18)21-22(8)5-2-4-19-11(24)9-3-6-23(20-9)12(14)15/h3,6-7,12H,2,4-5H2,1H3,(H,19,24).